The molecule has 0 fully saturated rings. The maximum atomic E-state index is 12.0. The third-order valence-corrected chi connectivity index (χ3v) is 3.96. The van der Waals surface area contributed by atoms with E-state index in [9.17, 15) is 18.5 Å². The molecule has 2 aromatic rings. The lowest BCUT2D eigenvalue weighted by atomic mass is 10.3. The smallest absolute Gasteiger partial charge is 0.270 e. The molecule has 1 aromatic carbocycles. The number of nitrogens with one attached hydrogen (secondary N) is 1. The van der Waals surface area contributed by atoms with Crippen molar-refractivity contribution in [3.05, 3.63) is 45.8 Å². The van der Waals surface area contributed by atoms with Crippen molar-refractivity contribution in [1.82, 2.24) is 5.16 Å². The van der Waals surface area contributed by atoms with Crippen LogP contribution in [0.4, 0.5) is 11.4 Å². The highest BCUT2D eigenvalue weighted by Crippen LogP contribution is 2.27. The molecular formula is C9H6ClN3O5S. The first-order valence-electron chi connectivity index (χ1n) is 4.76. The Morgan fingerprint density at radius 3 is 2.74 bits per heavy atom. The van der Waals surface area contributed by atoms with Gasteiger partial charge < -0.3 is 4.52 Å². The first kappa shape index (κ1) is 13.3. The van der Waals surface area contributed by atoms with Gasteiger partial charge in [0.1, 0.15) is 16.8 Å². The van der Waals surface area contributed by atoms with Crippen molar-refractivity contribution in [1.29, 1.82) is 0 Å². The van der Waals surface area contributed by atoms with E-state index >= 15 is 0 Å². The minimum absolute atomic E-state index is 0.0857. The van der Waals surface area contributed by atoms with Gasteiger partial charge in [0, 0.05) is 12.1 Å². The number of rotatable bonds is 4. The third-order valence-electron chi connectivity index (χ3n) is 2.10. The number of benzene rings is 1. The summed E-state index contributed by atoms with van der Waals surface area (Å²) in [4.78, 5) is 9.52. The molecule has 0 saturated carbocycles. The fourth-order valence-electron chi connectivity index (χ4n) is 1.28. The van der Waals surface area contributed by atoms with Crippen molar-refractivity contribution < 1.29 is 17.9 Å². The van der Waals surface area contributed by atoms with E-state index in [-0.39, 0.29) is 16.4 Å². The summed E-state index contributed by atoms with van der Waals surface area (Å²) < 4.78 is 30.6. The van der Waals surface area contributed by atoms with Gasteiger partial charge in [-0.3, -0.25) is 14.8 Å². The van der Waals surface area contributed by atoms with Crippen LogP contribution in [0.25, 0.3) is 0 Å². The average Bonchev–Trinajstić information content (AvgIpc) is 2.81. The Hall–Kier alpha value is -2.13. The number of sulfonamides is 1. The molecular weight excluding hydrogens is 298 g/mol. The number of hydrogen-bond acceptors (Lipinski definition) is 6. The molecule has 0 radical (unpaired) electrons. The number of nitrogens with zero attached hydrogens (tertiary/aromatic N) is 2. The number of hydrogen-bond donors (Lipinski definition) is 1. The van der Waals surface area contributed by atoms with Crippen LogP contribution in [0.1, 0.15) is 0 Å². The number of nitro groups is 1. The van der Waals surface area contributed by atoms with Crippen LogP contribution in [0, 0.1) is 10.1 Å². The Balaban J connectivity index is 2.45. The van der Waals surface area contributed by atoms with Crippen LogP contribution in [-0.2, 0) is 10.0 Å². The molecule has 8 nitrogen and oxygen atoms in total. The quantitative estimate of drug-likeness (QED) is 0.682. The summed E-state index contributed by atoms with van der Waals surface area (Å²) in [6, 6.07) is 3.13. The summed E-state index contributed by atoms with van der Waals surface area (Å²) in [6.07, 6.45) is 2.21. The molecule has 0 aliphatic rings. The lowest BCUT2D eigenvalue weighted by molar-refractivity contribution is -0.385. The average molecular weight is 304 g/mol. The minimum Gasteiger partial charge on any atom is -0.362 e. The molecule has 1 heterocycles. The number of non-ortho nitro benzene ring substituents is 1. The van der Waals surface area contributed by atoms with E-state index in [2.05, 4.69) is 14.4 Å². The number of anilines is 1. The second kappa shape index (κ2) is 4.86. The van der Waals surface area contributed by atoms with E-state index in [0.29, 0.717) is 0 Å². The van der Waals surface area contributed by atoms with E-state index in [0.717, 1.165) is 30.7 Å². The largest absolute Gasteiger partial charge is 0.362 e. The molecule has 0 bridgehead atoms. The lowest BCUT2D eigenvalue weighted by Crippen LogP contribution is -2.13. The van der Waals surface area contributed by atoms with Gasteiger partial charge in [-0.25, -0.2) is 8.42 Å². The van der Waals surface area contributed by atoms with Crippen LogP contribution in [0.15, 0.2) is 40.1 Å². The second-order valence-electron chi connectivity index (χ2n) is 3.39. The second-order valence-corrected chi connectivity index (χ2v) is 5.45. The van der Waals surface area contributed by atoms with Gasteiger partial charge in [0.05, 0.1) is 16.1 Å². The summed E-state index contributed by atoms with van der Waals surface area (Å²) in [7, 11) is -4.06. The van der Waals surface area contributed by atoms with Crippen LogP contribution < -0.4 is 4.72 Å². The first-order valence-corrected chi connectivity index (χ1v) is 6.62. The van der Waals surface area contributed by atoms with Gasteiger partial charge in [0.25, 0.3) is 15.7 Å². The van der Waals surface area contributed by atoms with E-state index < -0.39 is 19.8 Å². The highest BCUT2D eigenvalue weighted by atomic mass is 35.5. The predicted octanol–water partition coefficient (Wildman–Crippen LogP) is 2.04. The standard InChI is InChI=1S/C9H6ClN3O5S/c10-8-2-1-7(13(14)15)3-9(8)19(16,17)12-6-4-11-18-5-6/h1-5,12H. The van der Waals surface area contributed by atoms with E-state index in [1.807, 2.05) is 0 Å². The lowest BCUT2D eigenvalue weighted by Gasteiger charge is -2.06. The molecule has 19 heavy (non-hydrogen) atoms. The Bertz CT molecular complexity index is 713. The number of halogens is 1. The van der Waals surface area contributed by atoms with Crippen molar-refractivity contribution in [2.45, 2.75) is 4.90 Å². The highest BCUT2D eigenvalue weighted by Gasteiger charge is 2.22. The van der Waals surface area contributed by atoms with E-state index in [1.165, 1.54) is 0 Å². The van der Waals surface area contributed by atoms with Gasteiger partial charge in [-0.05, 0) is 6.07 Å². The highest BCUT2D eigenvalue weighted by molar-refractivity contribution is 7.92. The molecule has 1 aromatic heterocycles. The van der Waals surface area contributed by atoms with Gasteiger partial charge in [-0.15, -0.1) is 0 Å². The van der Waals surface area contributed by atoms with Crippen molar-refractivity contribution in [3.63, 3.8) is 0 Å². The van der Waals surface area contributed by atoms with E-state index in [1.54, 1.807) is 0 Å². The molecule has 0 spiro atoms. The fraction of sp³-hybridized carbons (Fsp3) is 0. The normalized spacial score (nSPS) is 11.2. The molecule has 1 N–H and O–H groups in total. The zero-order valence-electron chi connectivity index (χ0n) is 9.11. The molecule has 0 aliphatic heterocycles. The van der Waals surface area contributed by atoms with Crippen LogP contribution in [0.5, 0.6) is 0 Å². The summed E-state index contributed by atoms with van der Waals surface area (Å²) in [5, 5.41) is 13.8. The molecule has 0 aliphatic carbocycles. The zero-order chi connectivity index (χ0) is 14.0. The Morgan fingerprint density at radius 1 is 1.42 bits per heavy atom. The van der Waals surface area contributed by atoms with E-state index in [4.69, 9.17) is 11.6 Å². The summed E-state index contributed by atoms with van der Waals surface area (Å²) in [6.45, 7) is 0. The molecule has 0 amide bonds. The summed E-state index contributed by atoms with van der Waals surface area (Å²) in [5.74, 6) is 0. The van der Waals surface area contributed by atoms with Crippen LogP contribution in [0.3, 0.4) is 0 Å². The molecule has 0 saturated heterocycles. The summed E-state index contributed by atoms with van der Waals surface area (Å²) >= 11 is 5.74. The Kier molecular flexibility index (Phi) is 3.40. The van der Waals surface area contributed by atoms with Crippen molar-refractivity contribution >= 4 is 33.0 Å². The molecule has 2 rings (SSSR count). The van der Waals surface area contributed by atoms with Gasteiger partial charge in [0.15, 0.2) is 0 Å². The summed E-state index contributed by atoms with van der Waals surface area (Å²) in [5.41, 5.74) is -0.294. The van der Waals surface area contributed by atoms with Gasteiger partial charge >= 0.3 is 0 Å². The fourth-order valence-corrected chi connectivity index (χ4v) is 2.82. The molecule has 10 heteroatoms. The number of nitro benzene ring substituents is 1. The minimum atomic E-state index is -4.06. The van der Waals surface area contributed by atoms with Crippen molar-refractivity contribution in [2.24, 2.45) is 0 Å². The Morgan fingerprint density at radius 2 is 2.16 bits per heavy atom. The van der Waals surface area contributed by atoms with Crippen molar-refractivity contribution in [2.75, 3.05) is 4.72 Å². The van der Waals surface area contributed by atoms with Crippen LogP contribution >= 0.6 is 11.6 Å². The Labute approximate surface area is 112 Å². The number of aromatic nitrogens is 1. The predicted molar refractivity (Wildman–Crippen MR) is 65.4 cm³/mol. The maximum absolute atomic E-state index is 12.0. The van der Waals surface area contributed by atoms with Crippen LogP contribution in [0.2, 0.25) is 5.02 Å². The van der Waals surface area contributed by atoms with Gasteiger partial charge in [-0.1, -0.05) is 16.8 Å². The van der Waals surface area contributed by atoms with Gasteiger partial charge in [-0.2, -0.15) is 0 Å². The first-order chi connectivity index (χ1) is 8.90. The third kappa shape index (κ3) is 2.83. The molecule has 0 unspecified atom stereocenters. The monoisotopic (exact) mass is 303 g/mol. The topological polar surface area (TPSA) is 115 Å². The van der Waals surface area contributed by atoms with Crippen molar-refractivity contribution in [3.8, 4) is 0 Å². The zero-order valence-corrected chi connectivity index (χ0v) is 10.7. The van der Waals surface area contributed by atoms with Gasteiger partial charge in [0.2, 0.25) is 0 Å². The maximum Gasteiger partial charge on any atom is 0.270 e. The SMILES string of the molecule is O=[N+]([O-])c1ccc(Cl)c(S(=O)(=O)Nc2cnoc2)c1. The molecule has 0 atom stereocenters. The van der Waals surface area contributed by atoms with Crippen LogP contribution in [-0.4, -0.2) is 18.5 Å². The molecule has 100 valence electrons.